The van der Waals surface area contributed by atoms with E-state index in [2.05, 4.69) is 18.7 Å². The Balaban J connectivity index is 2.32. The van der Waals surface area contributed by atoms with Crippen LogP contribution in [-0.4, -0.2) is 42.7 Å². The average molecular weight is 213 g/mol. The molecule has 0 aromatic carbocycles. The van der Waals surface area contributed by atoms with Crippen LogP contribution in [0.3, 0.4) is 0 Å². The van der Waals surface area contributed by atoms with E-state index in [1.165, 1.54) is 12.8 Å². The Morgan fingerprint density at radius 1 is 1.40 bits per heavy atom. The summed E-state index contributed by atoms with van der Waals surface area (Å²) in [5.74, 6) is 0.745. The smallest absolute Gasteiger partial charge is 0.376 e. The van der Waals surface area contributed by atoms with Crippen LogP contribution in [-0.2, 0) is 4.74 Å². The zero-order valence-corrected chi connectivity index (χ0v) is 10.5. The lowest BCUT2D eigenvalue weighted by atomic mass is 9.79. The van der Waals surface area contributed by atoms with Crippen LogP contribution in [0, 0.1) is 5.92 Å². The first kappa shape index (κ1) is 13.0. The number of methoxy groups -OCH3 is 1. The van der Waals surface area contributed by atoms with E-state index < -0.39 is 0 Å². The fourth-order valence-corrected chi connectivity index (χ4v) is 2.31. The van der Waals surface area contributed by atoms with Crippen LogP contribution in [0.1, 0.15) is 33.1 Å². The molecular weight excluding hydrogens is 189 g/mol. The zero-order chi connectivity index (χ0) is 11.5. The van der Waals surface area contributed by atoms with E-state index in [9.17, 15) is 5.02 Å². The molecule has 1 saturated heterocycles. The molecule has 0 atom stereocenters. The summed E-state index contributed by atoms with van der Waals surface area (Å²) in [6, 6.07) is 0. The maximum atomic E-state index is 9.44. The molecule has 15 heavy (non-hydrogen) atoms. The monoisotopic (exact) mass is 213 g/mol. The minimum absolute atomic E-state index is 0.00231. The second-order valence-corrected chi connectivity index (χ2v) is 5.28. The van der Waals surface area contributed by atoms with Gasteiger partial charge in [0.15, 0.2) is 0 Å². The van der Waals surface area contributed by atoms with Crippen LogP contribution >= 0.6 is 0 Å². The predicted octanol–water partition coefficient (Wildman–Crippen LogP) is 1.62. The molecule has 0 aromatic heterocycles. The first-order valence-electron chi connectivity index (χ1n) is 5.92. The van der Waals surface area contributed by atoms with Gasteiger partial charge in [0.1, 0.15) is 0 Å². The molecule has 1 heterocycles. The number of ether oxygens (including phenoxy) is 1. The van der Waals surface area contributed by atoms with Crippen molar-refractivity contribution in [3.05, 3.63) is 0 Å². The lowest BCUT2D eigenvalue weighted by Gasteiger charge is -2.36. The summed E-state index contributed by atoms with van der Waals surface area (Å²) in [7, 11) is 1.49. The molecule has 1 N–H and O–H groups in total. The Morgan fingerprint density at radius 2 is 1.93 bits per heavy atom. The van der Waals surface area contributed by atoms with Crippen molar-refractivity contribution < 1.29 is 9.76 Å². The van der Waals surface area contributed by atoms with E-state index in [-0.39, 0.29) is 12.7 Å². The first-order valence-corrected chi connectivity index (χ1v) is 5.92. The molecule has 0 aromatic rings. The third-order valence-electron chi connectivity index (χ3n) is 3.51. The van der Waals surface area contributed by atoms with Crippen LogP contribution in [0.5, 0.6) is 0 Å². The number of rotatable bonds is 4. The van der Waals surface area contributed by atoms with Crippen LogP contribution in [0.2, 0.25) is 6.82 Å². The van der Waals surface area contributed by atoms with Crippen molar-refractivity contribution in [2.75, 3.05) is 20.2 Å². The SMILES string of the molecule is COC(C)(C)CC1CCN(B(C)O)CC1. The summed E-state index contributed by atoms with van der Waals surface area (Å²) in [5.41, 5.74) is -0.00231. The minimum Gasteiger partial charge on any atom is -0.437 e. The first-order chi connectivity index (χ1) is 6.94. The zero-order valence-electron chi connectivity index (χ0n) is 10.5. The summed E-state index contributed by atoms with van der Waals surface area (Å²) in [5, 5.41) is 9.44. The van der Waals surface area contributed by atoms with Gasteiger partial charge >= 0.3 is 7.05 Å². The quantitative estimate of drug-likeness (QED) is 0.720. The van der Waals surface area contributed by atoms with Gasteiger partial charge in [0.2, 0.25) is 0 Å². The highest BCUT2D eigenvalue weighted by atomic mass is 16.5. The summed E-state index contributed by atoms with van der Waals surface area (Å²) < 4.78 is 5.45. The second kappa shape index (κ2) is 5.33. The van der Waals surface area contributed by atoms with Crippen LogP contribution in [0.4, 0.5) is 0 Å². The van der Waals surface area contributed by atoms with Crippen molar-refractivity contribution in [2.45, 2.75) is 45.5 Å². The molecule has 0 amide bonds. The molecule has 0 aliphatic carbocycles. The lowest BCUT2D eigenvalue weighted by Crippen LogP contribution is -2.44. The molecule has 4 heteroatoms. The summed E-state index contributed by atoms with van der Waals surface area (Å²) in [4.78, 5) is 2.14. The Kier molecular flexibility index (Phi) is 4.62. The van der Waals surface area contributed by atoms with Gasteiger partial charge in [0.05, 0.1) is 5.60 Å². The number of hydrogen-bond donors (Lipinski definition) is 1. The molecule has 0 saturated carbocycles. The molecule has 0 radical (unpaired) electrons. The van der Waals surface area contributed by atoms with Gasteiger partial charge in [-0.25, -0.2) is 0 Å². The minimum atomic E-state index is -0.290. The predicted molar refractivity (Wildman–Crippen MR) is 63.8 cm³/mol. The highest BCUT2D eigenvalue weighted by Crippen LogP contribution is 2.27. The van der Waals surface area contributed by atoms with Gasteiger partial charge in [0, 0.05) is 7.11 Å². The van der Waals surface area contributed by atoms with Crippen molar-refractivity contribution in [3.63, 3.8) is 0 Å². The van der Waals surface area contributed by atoms with Crippen molar-refractivity contribution in [2.24, 2.45) is 5.92 Å². The summed E-state index contributed by atoms with van der Waals surface area (Å²) in [6.45, 7) is 8.17. The average Bonchev–Trinajstić information content (AvgIpc) is 2.18. The van der Waals surface area contributed by atoms with Gasteiger partial charge in [0.25, 0.3) is 0 Å². The molecule has 1 fully saturated rings. The maximum Gasteiger partial charge on any atom is 0.376 e. The van der Waals surface area contributed by atoms with Gasteiger partial charge in [-0.15, -0.1) is 0 Å². The van der Waals surface area contributed by atoms with Crippen molar-refractivity contribution in [1.29, 1.82) is 0 Å². The molecule has 0 bridgehead atoms. The summed E-state index contributed by atoms with van der Waals surface area (Å²) >= 11 is 0. The fraction of sp³-hybridized carbons (Fsp3) is 1.00. The van der Waals surface area contributed by atoms with Gasteiger partial charge < -0.3 is 14.6 Å². The molecule has 1 aliphatic rings. The second-order valence-electron chi connectivity index (χ2n) is 5.28. The summed E-state index contributed by atoms with van der Waals surface area (Å²) in [6.07, 6.45) is 3.48. The number of nitrogens with zero attached hydrogens (tertiary/aromatic N) is 1. The van der Waals surface area contributed by atoms with Crippen LogP contribution in [0.15, 0.2) is 0 Å². The van der Waals surface area contributed by atoms with E-state index >= 15 is 0 Å². The Hall–Kier alpha value is -0.0551. The van der Waals surface area contributed by atoms with Crippen molar-refractivity contribution in [3.8, 4) is 0 Å². The van der Waals surface area contributed by atoms with Gasteiger partial charge in [-0.05, 0) is 58.9 Å². The van der Waals surface area contributed by atoms with E-state index in [1.54, 1.807) is 7.11 Å². The normalized spacial score (nSPS) is 20.6. The third kappa shape index (κ3) is 4.13. The molecule has 1 aliphatic heterocycles. The maximum absolute atomic E-state index is 9.44. The molecule has 0 unspecified atom stereocenters. The van der Waals surface area contributed by atoms with Crippen LogP contribution < -0.4 is 0 Å². The van der Waals surface area contributed by atoms with Crippen molar-refractivity contribution >= 4 is 7.05 Å². The number of hydrogen-bond acceptors (Lipinski definition) is 3. The van der Waals surface area contributed by atoms with Gasteiger partial charge in [-0.3, -0.25) is 0 Å². The molecule has 88 valence electrons. The van der Waals surface area contributed by atoms with Gasteiger partial charge in [-0.1, -0.05) is 0 Å². The van der Waals surface area contributed by atoms with E-state index in [4.69, 9.17) is 4.74 Å². The highest BCUT2D eigenvalue weighted by Gasteiger charge is 2.28. The molecular formula is C11H24BNO2. The van der Waals surface area contributed by atoms with E-state index in [0.717, 1.165) is 25.4 Å². The standard InChI is InChI=1S/C11H24BNO2/c1-11(2,15-4)9-10-5-7-13(8-6-10)12(3)14/h10,14H,5-9H2,1-4H3. The topological polar surface area (TPSA) is 32.7 Å². The molecule has 0 spiro atoms. The molecule has 1 rings (SSSR count). The lowest BCUT2D eigenvalue weighted by molar-refractivity contribution is -0.00402. The Labute approximate surface area is 93.9 Å². The van der Waals surface area contributed by atoms with Crippen LogP contribution in [0.25, 0.3) is 0 Å². The number of piperidine rings is 1. The van der Waals surface area contributed by atoms with E-state index in [1.807, 2.05) is 6.82 Å². The highest BCUT2D eigenvalue weighted by molar-refractivity contribution is 6.45. The van der Waals surface area contributed by atoms with Gasteiger partial charge in [-0.2, -0.15) is 0 Å². The third-order valence-corrected chi connectivity index (χ3v) is 3.51. The fourth-order valence-electron chi connectivity index (χ4n) is 2.31. The van der Waals surface area contributed by atoms with E-state index in [0.29, 0.717) is 0 Å². The van der Waals surface area contributed by atoms with Crippen molar-refractivity contribution in [1.82, 2.24) is 4.81 Å². The Bertz CT molecular complexity index is 189. The molecule has 3 nitrogen and oxygen atoms in total. The largest absolute Gasteiger partial charge is 0.437 e. The Morgan fingerprint density at radius 3 is 2.33 bits per heavy atom.